The van der Waals surface area contributed by atoms with Gasteiger partial charge in [0, 0.05) is 30.4 Å². The molecule has 6 N–H and O–H groups in total. The van der Waals surface area contributed by atoms with E-state index < -0.39 is 0 Å². The average molecular weight is 448 g/mol. The van der Waals surface area contributed by atoms with Gasteiger partial charge in [-0.3, -0.25) is 4.79 Å². The third kappa shape index (κ3) is 6.91. The zero-order valence-electron chi connectivity index (χ0n) is 19.4. The minimum atomic E-state index is -0.350. The number of nitrogens with one attached hydrogen (secondary N) is 1. The number of nitrogens with two attached hydrogens (primary N) is 2. The normalized spacial score (nSPS) is 12.1. The molecule has 0 aliphatic carbocycles. The second-order valence-electron chi connectivity index (χ2n) is 8.35. The van der Waals surface area contributed by atoms with Crippen molar-refractivity contribution in [1.29, 1.82) is 0 Å². The molecule has 174 valence electrons. The molecule has 1 amide bonds. The highest BCUT2D eigenvalue weighted by Crippen LogP contribution is 2.25. The van der Waals surface area contributed by atoms with Gasteiger partial charge < -0.3 is 26.6 Å². The molecule has 0 saturated heterocycles. The van der Waals surface area contributed by atoms with Gasteiger partial charge >= 0.3 is 0 Å². The number of fused-ring (bicyclic) bond motifs is 1. The minimum Gasteiger partial charge on any atom is -0.508 e. The number of anilines is 2. The third-order valence-corrected chi connectivity index (χ3v) is 5.76. The van der Waals surface area contributed by atoms with Crippen molar-refractivity contribution in [3.8, 4) is 11.5 Å². The van der Waals surface area contributed by atoms with Crippen LogP contribution in [0.4, 0.5) is 11.4 Å². The second kappa shape index (κ2) is 11.3. The summed E-state index contributed by atoms with van der Waals surface area (Å²) in [6.45, 7) is 2.94. The van der Waals surface area contributed by atoms with Gasteiger partial charge in [0.15, 0.2) is 0 Å². The number of carbonyl (C=O) groups is 1. The second-order valence-corrected chi connectivity index (χ2v) is 8.35. The van der Waals surface area contributed by atoms with Crippen LogP contribution in [0.1, 0.15) is 40.7 Å². The minimum absolute atomic E-state index is 0.142. The number of phenols is 1. The molecule has 0 spiro atoms. The van der Waals surface area contributed by atoms with Crippen molar-refractivity contribution in [3.63, 3.8) is 0 Å². The van der Waals surface area contributed by atoms with Gasteiger partial charge in [0.1, 0.15) is 11.5 Å². The molecule has 0 unspecified atom stereocenters. The van der Waals surface area contributed by atoms with E-state index in [0.29, 0.717) is 12.1 Å². The summed E-state index contributed by atoms with van der Waals surface area (Å²) in [6.07, 6.45) is 4.18. The fourth-order valence-corrected chi connectivity index (χ4v) is 4.07. The van der Waals surface area contributed by atoms with Gasteiger partial charge in [-0.1, -0.05) is 24.3 Å². The molecule has 1 aliphatic rings. The number of aryl methyl sites for hydroxylation is 2. The van der Waals surface area contributed by atoms with E-state index >= 15 is 0 Å². The first-order chi connectivity index (χ1) is 15.9. The predicted molar refractivity (Wildman–Crippen MR) is 134 cm³/mol. The molecule has 33 heavy (non-hydrogen) atoms. The zero-order valence-corrected chi connectivity index (χ0v) is 19.4. The molecular formula is C27H33N3O3. The van der Waals surface area contributed by atoms with Crippen molar-refractivity contribution in [1.82, 2.24) is 0 Å². The highest BCUT2D eigenvalue weighted by Gasteiger charge is 2.09. The van der Waals surface area contributed by atoms with Gasteiger partial charge in [-0.25, -0.2) is 0 Å². The lowest BCUT2D eigenvalue weighted by Gasteiger charge is -2.18. The van der Waals surface area contributed by atoms with Crippen molar-refractivity contribution in [2.75, 3.05) is 24.7 Å². The maximum absolute atomic E-state index is 10.6. The first kappa shape index (κ1) is 24.0. The molecule has 3 aromatic carbocycles. The average Bonchev–Trinajstić information content (AvgIpc) is 2.78. The van der Waals surface area contributed by atoms with Gasteiger partial charge in [0.2, 0.25) is 5.91 Å². The Kier molecular flexibility index (Phi) is 8.19. The molecule has 0 fully saturated rings. The molecule has 0 atom stereocenters. The van der Waals surface area contributed by atoms with Crippen LogP contribution in [0.15, 0.2) is 54.6 Å². The molecule has 0 radical (unpaired) electrons. The number of hydrogen-bond acceptors (Lipinski definition) is 5. The van der Waals surface area contributed by atoms with Crippen molar-refractivity contribution in [3.05, 3.63) is 82.4 Å². The summed E-state index contributed by atoms with van der Waals surface area (Å²) < 4.78 is 5.27. The van der Waals surface area contributed by atoms with Crippen LogP contribution in [0.5, 0.6) is 11.5 Å². The van der Waals surface area contributed by atoms with E-state index in [2.05, 4.69) is 35.6 Å². The van der Waals surface area contributed by atoms with Gasteiger partial charge in [-0.15, -0.1) is 0 Å². The predicted octanol–water partition coefficient (Wildman–Crippen LogP) is 4.34. The largest absolute Gasteiger partial charge is 0.508 e. The van der Waals surface area contributed by atoms with E-state index in [1.54, 1.807) is 13.2 Å². The number of rotatable bonds is 6. The number of ether oxygens (including phenoxy) is 1. The summed E-state index contributed by atoms with van der Waals surface area (Å²) in [4.78, 5) is 10.6. The molecule has 0 saturated carbocycles. The van der Waals surface area contributed by atoms with Gasteiger partial charge in [-0.2, -0.15) is 0 Å². The summed E-state index contributed by atoms with van der Waals surface area (Å²) in [5.41, 5.74) is 18.4. The highest BCUT2D eigenvalue weighted by molar-refractivity contribution is 5.74. The molecule has 3 aromatic rings. The van der Waals surface area contributed by atoms with Crippen LogP contribution in [0.2, 0.25) is 0 Å². The van der Waals surface area contributed by atoms with Crippen molar-refractivity contribution >= 4 is 17.3 Å². The first-order valence-electron chi connectivity index (χ1n) is 11.2. The van der Waals surface area contributed by atoms with Gasteiger partial charge in [0.05, 0.1) is 7.11 Å². The van der Waals surface area contributed by atoms with Crippen molar-refractivity contribution < 1.29 is 14.6 Å². The van der Waals surface area contributed by atoms with E-state index in [0.717, 1.165) is 29.8 Å². The summed E-state index contributed by atoms with van der Waals surface area (Å²) in [6, 6.07) is 18.2. The Labute approximate surface area is 195 Å². The molecule has 1 aliphatic heterocycles. The number of benzene rings is 3. The SMILES string of the molecule is COc1cccc(Cc2ccc3c(c2)CCCN3)c1.Cc1cc(O)cc(N)c1CCC(N)=O. The van der Waals surface area contributed by atoms with E-state index in [9.17, 15) is 9.90 Å². The summed E-state index contributed by atoms with van der Waals surface area (Å²) in [5, 5.41) is 12.7. The number of hydrogen-bond donors (Lipinski definition) is 4. The van der Waals surface area contributed by atoms with E-state index in [4.69, 9.17) is 16.2 Å². The molecule has 0 aromatic heterocycles. The lowest BCUT2D eigenvalue weighted by atomic mass is 9.97. The van der Waals surface area contributed by atoms with Gasteiger partial charge in [-0.05, 0) is 84.7 Å². The molecular weight excluding hydrogens is 414 g/mol. The number of methoxy groups -OCH3 is 1. The van der Waals surface area contributed by atoms with Crippen LogP contribution >= 0.6 is 0 Å². The number of aromatic hydroxyl groups is 1. The highest BCUT2D eigenvalue weighted by atomic mass is 16.5. The van der Waals surface area contributed by atoms with Crippen LogP contribution in [0.25, 0.3) is 0 Å². The van der Waals surface area contributed by atoms with Crippen LogP contribution in [-0.2, 0) is 24.1 Å². The van der Waals surface area contributed by atoms with Crippen LogP contribution in [0.3, 0.4) is 0 Å². The van der Waals surface area contributed by atoms with Crippen molar-refractivity contribution in [2.45, 2.75) is 39.0 Å². The number of amides is 1. The monoisotopic (exact) mass is 447 g/mol. The summed E-state index contributed by atoms with van der Waals surface area (Å²) >= 11 is 0. The maximum Gasteiger partial charge on any atom is 0.217 e. The quantitative estimate of drug-likeness (QED) is 0.420. The van der Waals surface area contributed by atoms with E-state index in [1.807, 2.05) is 19.1 Å². The molecule has 4 rings (SSSR count). The zero-order chi connectivity index (χ0) is 23.8. The Bertz CT molecular complexity index is 1090. The number of primary amides is 1. The lowest BCUT2D eigenvalue weighted by molar-refractivity contribution is -0.117. The Morgan fingerprint density at radius 3 is 2.64 bits per heavy atom. The Morgan fingerprint density at radius 1 is 1.12 bits per heavy atom. The van der Waals surface area contributed by atoms with Crippen LogP contribution in [-0.4, -0.2) is 24.7 Å². The Balaban J connectivity index is 0.000000196. The third-order valence-electron chi connectivity index (χ3n) is 5.76. The lowest BCUT2D eigenvalue weighted by Crippen LogP contribution is -2.12. The van der Waals surface area contributed by atoms with Crippen LogP contribution in [0, 0.1) is 6.92 Å². The van der Waals surface area contributed by atoms with Crippen molar-refractivity contribution in [2.24, 2.45) is 5.73 Å². The topological polar surface area (TPSA) is 111 Å². The summed E-state index contributed by atoms with van der Waals surface area (Å²) in [7, 11) is 1.71. The molecule has 0 bridgehead atoms. The standard InChI is InChI=1S/C17H19NO.C10H14N2O2/c1-19-16-6-2-4-13(12-16)10-14-7-8-17-15(11-14)5-3-9-18-17;1-6-4-7(13)5-9(11)8(6)2-3-10(12)14/h2,4,6-8,11-12,18H,3,5,9-10H2,1H3;4-5,13H,2-3,11H2,1H3,(H2,12,14). The van der Waals surface area contributed by atoms with E-state index in [1.165, 1.54) is 41.3 Å². The van der Waals surface area contributed by atoms with Gasteiger partial charge in [0.25, 0.3) is 0 Å². The number of nitrogen functional groups attached to an aromatic ring is 1. The molecule has 6 heteroatoms. The fourth-order valence-electron chi connectivity index (χ4n) is 4.07. The number of phenolic OH excluding ortho intramolecular Hbond substituents is 1. The first-order valence-corrected chi connectivity index (χ1v) is 11.2. The molecule has 6 nitrogen and oxygen atoms in total. The fraction of sp³-hybridized carbons (Fsp3) is 0.296. The maximum atomic E-state index is 10.6. The smallest absolute Gasteiger partial charge is 0.217 e. The summed E-state index contributed by atoms with van der Waals surface area (Å²) in [5.74, 6) is 0.719. The Morgan fingerprint density at radius 2 is 1.91 bits per heavy atom. The van der Waals surface area contributed by atoms with E-state index in [-0.39, 0.29) is 18.1 Å². The number of carbonyl (C=O) groups excluding carboxylic acids is 1. The molecule has 1 heterocycles. The van der Waals surface area contributed by atoms with Crippen LogP contribution < -0.4 is 21.5 Å². The Hall–Kier alpha value is -3.67.